The largest absolute Gasteiger partial charge is 0.223 e. The van der Waals surface area contributed by atoms with Gasteiger partial charge >= 0.3 is 0 Å². The second kappa shape index (κ2) is 4.26. The van der Waals surface area contributed by atoms with Gasteiger partial charge in [-0.15, -0.1) is 5.10 Å². The van der Waals surface area contributed by atoms with Crippen LogP contribution in [0.4, 0.5) is 0 Å². The summed E-state index contributed by atoms with van der Waals surface area (Å²) >= 11 is 1.56. The van der Waals surface area contributed by atoms with Crippen LogP contribution in [0.2, 0.25) is 0 Å². The molecular formula is C11H13N5S. The van der Waals surface area contributed by atoms with E-state index >= 15 is 0 Å². The molecule has 0 atom stereocenters. The Morgan fingerprint density at radius 2 is 2.06 bits per heavy atom. The van der Waals surface area contributed by atoms with E-state index in [0.29, 0.717) is 5.69 Å². The first-order chi connectivity index (χ1) is 8.04. The Morgan fingerprint density at radius 1 is 1.35 bits per heavy atom. The highest BCUT2D eigenvalue weighted by Crippen LogP contribution is 2.25. The minimum Gasteiger partial charge on any atom is -0.223 e. The van der Waals surface area contributed by atoms with E-state index in [0.717, 1.165) is 21.4 Å². The van der Waals surface area contributed by atoms with Gasteiger partial charge in [-0.05, 0) is 19.8 Å². The SMILES string of the molecule is Cc1nc(-n2nnc(C#N)c2C(C)C)sc1C. The van der Waals surface area contributed by atoms with Crippen molar-refractivity contribution in [3.63, 3.8) is 0 Å². The standard InChI is InChI=1S/C11H13N5S/c1-6(2)10-9(5-12)14-15-16(10)11-13-7(3)8(4)17-11/h6H,1-4H3. The van der Waals surface area contributed by atoms with Crippen molar-refractivity contribution in [1.82, 2.24) is 20.0 Å². The van der Waals surface area contributed by atoms with Gasteiger partial charge in [0.2, 0.25) is 5.13 Å². The van der Waals surface area contributed by atoms with E-state index in [1.807, 2.05) is 27.7 Å². The van der Waals surface area contributed by atoms with Crippen molar-refractivity contribution in [2.45, 2.75) is 33.6 Å². The predicted octanol–water partition coefficient (Wildman–Crippen LogP) is 2.34. The molecule has 2 rings (SSSR count). The fourth-order valence-electron chi connectivity index (χ4n) is 1.57. The highest BCUT2D eigenvalue weighted by atomic mass is 32.1. The van der Waals surface area contributed by atoms with Crippen molar-refractivity contribution in [3.8, 4) is 11.2 Å². The smallest absolute Gasteiger partial charge is 0.212 e. The predicted molar refractivity (Wildman–Crippen MR) is 65.3 cm³/mol. The number of hydrogen-bond acceptors (Lipinski definition) is 5. The van der Waals surface area contributed by atoms with Crippen LogP contribution in [0.5, 0.6) is 0 Å². The van der Waals surface area contributed by atoms with Crippen molar-refractivity contribution in [2.24, 2.45) is 0 Å². The van der Waals surface area contributed by atoms with Gasteiger partial charge in [-0.1, -0.05) is 30.4 Å². The van der Waals surface area contributed by atoms with Gasteiger partial charge in [0.15, 0.2) is 5.69 Å². The Morgan fingerprint density at radius 3 is 2.53 bits per heavy atom. The second-order valence-electron chi connectivity index (χ2n) is 4.14. The number of aromatic nitrogens is 4. The summed E-state index contributed by atoms with van der Waals surface area (Å²) in [4.78, 5) is 5.60. The molecule has 6 heteroatoms. The van der Waals surface area contributed by atoms with E-state index in [2.05, 4.69) is 21.4 Å². The number of aryl methyl sites for hydroxylation is 2. The summed E-state index contributed by atoms with van der Waals surface area (Å²) in [7, 11) is 0. The van der Waals surface area contributed by atoms with Gasteiger partial charge < -0.3 is 0 Å². The van der Waals surface area contributed by atoms with E-state index in [1.54, 1.807) is 16.0 Å². The molecule has 0 radical (unpaired) electrons. The Balaban J connectivity index is 2.60. The van der Waals surface area contributed by atoms with Crippen LogP contribution in [0.3, 0.4) is 0 Å². The van der Waals surface area contributed by atoms with Crippen molar-refractivity contribution >= 4 is 11.3 Å². The minimum absolute atomic E-state index is 0.184. The molecule has 0 aliphatic carbocycles. The molecule has 0 N–H and O–H groups in total. The Kier molecular flexibility index (Phi) is 2.94. The third kappa shape index (κ3) is 1.94. The van der Waals surface area contributed by atoms with Crippen LogP contribution < -0.4 is 0 Å². The van der Waals surface area contributed by atoms with Crippen LogP contribution in [-0.2, 0) is 0 Å². The lowest BCUT2D eigenvalue weighted by molar-refractivity contribution is 0.710. The highest BCUT2D eigenvalue weighted by Gasteiger charge is 2.19. The summed E-state index contributed by atoms with van der Waals surface area (Å²) in [5.41, 5.74) is 2.19. The first-order valence-corrected chi connectivity index (χ1v) is 6.16. The minimum atomic E-state index is 0.184. The summed E-state index contributed by atoms with van der Waals surface area (Å²) in [5, 5.41) is 17.7. The van der Waals surface area contributed by atoms with E-state index in [4.69, 9.17) is 5.26 Å². The van der Waals surface area contributed by atoms with Gasteiger partial charge in [0, 0.05) is 4.88 Å². The van der Waals surface area contributed by atoms with E-state index in [1.165, 1.54) is 0 Å². The first-order valence-electron chi connectivity index (χ1n) is 5.34. The number of nitrogens with zero attached hydrogens (tertiary/aromatic N) is 5. The van der Waals surface area contributed by atoms with Gasteiger partial charge in [0.25, 0.3) is 0 Å². The molecule has 0 aliphatic heterocycles. The summed E-state index contributed by atoms with van der Waals surface area (Å²) in [6.45, 7) is 8.02. The molecule has 0 spiro atoms. The van der Waals surface area contributed by atoms with Crippen molar-refractivity contribution in [3.05, 3.63) is 22.0 Å². The molecule has 0 saturated heterocycles. The quantitative estimate of drug-likeness (QED) is 0.816. The summed E-state index contributed by atoms with van der Waals surface area (Å²) in [5.74, 6) is 0.184. The van der Waals surface area contributed by atoms with Crippen molar-refractivity contribution in [1.29, 1.82) is 5.26 Å². The van der Waals surface area contributed by atoms with Gasteiger partial charge in [-0.3, -0.25) is 0 Å². The maximum Gasteiger partial charge on any atom is 0.212 e. The fraction of sp³-hybridized carbons (Fsp3) is 0.455. The third-order valence-electron chi connectivity index (χ3n) is 2.56. The van der Waals surface area contributed by atoms with Crippen LogP contribution in [0.15, 0.2) is 0 Å². The van der Waals surface area contributed by atoms with Gasteiger partial charge in [-0.2, -0.15) is 9.94 Å². The van der Waals surface area contributed by atoms with Crippen LogP contribution in [0.25, 0.3) is 5.13 Å². The maximum absolute atomic E-state index is 9.00. The van der Waals surface area contributed by atoms with Gasteiger partial charge in [0.05, 0.1) is 11.4 Å². The average molecular weight is 247 g/mol. The summed E-state index contributed by atoms with van der Waals surface area (Å²) in [6, 6.07) is 2.07. The monoisotopic (exact) mass is 247 g/mol. The number of nitriles is 1. The zero-order valence-corrected chi connectivity index (χ0v) is 11.0. The Hall–Kier alpha value is -1.74. The Labute approximate surface area is 104 Å². The van der Waals surface area contributed by atoms with Crippen LogP contribution >= 0.6 is 11.3 Å². The molecule has 2 aromatic heterocycles. The molecular weight excluding hydrogens is 234 g/mol. The van der Waals surface area contributed by atoms with Crippen molar-refractivity contribution in [2.75, 3.05) is 0 Å². The third-order valence-corrected chi connectivity index (χ3v) is 3.60. The van der Waals surface area contributed by atoms with E-state index in [9.17, 15) is 0 Å². The van der Waals surface area contributed by atoms with E-state index < -0.39 is 0 Å². The molecule has 0 amide bonds. The molecule has 0 aliphatic rings. The topological polar surface area (TPSA) is 67.4 Å². The molecule has 5 nitrogen and oxygen atoms in total. The lowest BCUT2D eigenvalue weighted by atomic mass is 10.1. The molecule has 0 bridgehead atoms. The molecule has 0 aromatic carbocycles. The zero-order valence-electron chi connectivity index (χ0n) is 10.2. The molecule has 0 fully saturated rings. The first kappa shape index (κ1) is 11.7. The highest BCUT2D eigenvalue weighted by molar-refractivity contribution is 7.14. The van der Waals surface area contributed by atoms with Gasteiger partial charge in [0.1, 0.15) is 6.07 Å². The summed E-state index contributed by atoms with van der Waals surface area (Å²) in [6.07, 6.45) is 0. The lowest BCUT2D eigenvalue weighted by Crippen LogP contribution is -2.04. The van der Waals surface area contributed by atoms with Gasteiger partial charge in [-0.25, -0.2) is 4.98 Å². The summed E-state index contributed by atoms with van der Waals surface area (Å²) < 4.78 is 1.67. The molecule has 2 heterocycles. The van der Waals surface area contributed by atoms with Crippen LogP contribution in [0, 0.1) is 25.2 Å². The van der Waals surface area contributed by atoms with E-state index in [-0.39, 0.29) is 5.92 Å². The fourth-order valence-corrected chi connectivity index (χ4v) is 2.45. The molecule has 17 heavy (non-hydrogen) atoms. The lowest BCUT2D eigenvalue weighted by Gasteiger charge is -2.05. The number of rotatable bonds is 2. The molecule has 0 unspecified atom stereocenters. The molecule has 88 valence electrons. The number of thiazole rings is 1. The number of hydrogen-bond donors (Lipinski definition) is 0. The van der Waals surface area contributed by atoms with Crippen LogP contribution in [-0.4, -0.2) is 20.0 Å². The average Bonchev–Trinajstić information content (AvgIpc) is 2.83. The normalized spacial score (nSPS) is 10.8. The van der Waals surface area contributed by atoms with Crippen LogP contribution in [0.1, 0.15) is 41.7 Å². The molecule has 2 aromatic rings. The maximum atomic E-state index is 9.00. The second-order valence-corrected chi connectivity index (χ2v) is 5.32. The zero-order chi connectivity index (χ0) is 12.6. The molecule has 0 saturated carbocycles. The van der Waals surface area contributed by atoms with Crippen molar-refractivity contribution < 1.29 is 0 Å². The Bertz CT molecular complexity index is 568.